The monoisotopic (exact) mass is 299 g/mol. The largest absolute Gasteiger partial charge is 0.481 e. The lowest BCUT2D eigenvalue weighted by atomic mass is 10.1. The molecule has 1 saturated carbocycles. The number of hydrogen-bond acceptors (Lipinski definition) is 3. The van der Waals surface area contributed by atoms with E-state index >= 15 is 0 Å². The van der Waals surface area contributed by atoms with Gasteiger partial charge in [0.05, 0.1) is 17.2 Å². The van der Waals surface area contributed by atoms with Crippen molar-refractivity contribution in [3.8, 4) is 5.69 Å². The molecule has 1 amide bonds. The van der Waals surface area contributed by atoms with E-state index in [1.807, 2.05) is 12.1 Å². The highest BCUT2D eigenvalue weighted by Crippen LogP contribution is 2.26. The fourth-order valence-corrected chi connectivity index (χ4v) is 2.88. The molecule has 1 aromatic carbocycles. The highest BCUT2D eigenvalue weighted by Gasteiger charge is 2.31. The fourth-order valence-electron chi connectivity index (χ4n) is 2.88. The van der Waals surface area contributed by atoms with E-state index in [-0.39, 0.29) is 17.9 Å². The Balaban J connectivity index is 1.75. The summed E-state index contributed by atoms with van der Waals surface area (Å²) < 4.78 is 1.64. The van der Waals surface area contributed by atoms with E-state index < -0.39 is 5.97 Å². The molecular weight excluding hydrogens is 282 g/mol. The maximum Gasteiger partial charge on any atom is 0.306 e. The molecule has 1 heterocycles. The number of carbonyl (C=O) groups is 2. The van der Waals surface area contributed by atoms with Gasteiger partial charge in [0.15, 0.2) is 0 Å². The van der Waals surface area contributed by atoms with Crippen LogP contribution in [0.4, 0.5) is 0 Å². The number of hydrogen-bond donors (Lipinski definition) is 2. The molecule has 0 bridgehead atoms. The van der Waals surface area contributed by atoms with Crippen molar-refractivity contribution in [3.05, 3.63) is 48.3 Å². The van der Waals surface area contributed by atoms with Crippen molar-refractivity contribution in [1.82, 2.24) is 15.1 Å². The number of aliphatic carboxylic acids is 1. The Morgan fingerprint density at radius 2 is 2.05 bits per heavy atom. The van der Waals surface area contributed by atoms with Crippen LogP contribution in [0, 0.1) is 5.92 Å². The van der Waals surface area contributed by atoms with Gasteiger partial charge in [0, 0.05) is 18.4 Å². The summed E-state index contributed by atoms with van der Waals surface area (Å²) in [5.41, 5.74) is 1.24. The standard InChI is InChI=1S/C16H17N3O3/c20-15(18-12-7-6-11(10-12)16(21)22)13-4-1-2-5-14(13)19-9-3-8-17-19/h1-5,8-9,11-12H,6-7,10H2,(H,18,20)(H,21,22)/t11-,12+/m1/s1. The van der Waals surface area contributed by atoms with Gasteiger partial charge >= 0.3 is 5.97 Å². The quantitative estimate of drug-likeness (QED) is 0.902. The Morgan fingerprint density at radius 1 is 1.23 bits per heavy atom. The van der Waals surface area contributed by atoms with Gasteiger partial charge in [0.25, 0.3) is 5.91 Å². The molecule has 114 valence electrons. The minimum Gasteiger partial charge on any atom is -0.481 e. The molecule has 0 aliphatic heterocycles. The van der Waals surface area contributed by atoms with E-state index in [4.69, 9.17) is 5.11 Å². The van der Waals surface area contributed by atoms with Crippen LogP contribution in [-0.2, 0) is 4.79 Å². The van der Waals surface area contributed by atoms with Crippen LogP contribution in [0.1, 0.15) is 29.6 Å². The number of nitrogens with zero attached hydrogens (tertiary/aromatic N) is 2. The SMILES string of the molecule is O=C(N[C@H]1CC[C@@H](C(=O)O)C1)c1ccccc1-n1cccn1. The number of carboxylic acids is 1. The topological polar surface area (TPSA) is 84.2 Å². The van der Waals surface area contributed by atoms with Gasteiger partial charge < -0.3 is 10.4 Å². The van der Waals surface area contributed by atoms with Crippen molar-refractivity contribution in [2.45, 2.75) is 25.3 Å². The number of para-hydroxylation sites is 1. The average Bonchev–Trinajstić information content (AvgIpc) is 3.18. The van der Waals surface area contributed by atoms with Crippen LogP contribution >= 0.6 is 0 Å². The summed E-state index contributed by atoms with van der Waals surface area (Å²) in [4.78, 5) is 23.5. The van der Waals surface area contributed by atoms with Crippen LogP contribution in [0.3, 0.4) is 0 Å². The smallest absolute Gasteiger partial charge is 0.306 e. The van der Waals surface area contributed by atoms with Crippen LogP contribution in [0.2, 0.25) is 0 Å². The molecule has 0 unspecified atom stereocenters. The zero-order chi connectivity index (χ0) is 15.5. The number of carbonyl (C=O) groups excluding carboxylic acids is 1. The second-order valence-corrected chi connectivity index (χ2v) is 5.49. The summed E-state index contributed by atoms with van der Waals surface area (Å²) in [5, 5.41) is 16.1. The van der Waals surface area contributed by atoms with E-state index in [1.165, 1.54) is 0 Å². The molecule has 3 rings (SSSR count). The summed E-state index contributed by atoms with van der Waals surface area (Å²) >= 11 is 0. The van der Waals surface area contributed by atoms with Crippen LogP contribution in [-0.4, -0.2) is 32.8 Å². The number of nitrogens with one attached hydrogen (secondary N) is 1. The number of amides is 1. The lowest BCUT2D eigenvalue weighted by Crippen LogP contribution is -2.34. The molecule has 22 heavy (non-hydrogen) atoms. The summed E-state index contributed by atoms with van der Waals surface area (Å²) in [6.07, 6.45) is 5.24. The second-order valence-electron chi connectivity index (χ2n) is 5.49. The molecule has 1 aromatic heterocycles. The van der Waals surface area contributed by atoms with Crippen molar-refractivity contribution in [2.24, 2.45) is 5.92 Å². The highest BCUT2D eigenvalue weighted by atomic mass is 16.4. The molecule has 6 nitrogen and oxygen atoms in total. The van der Waals surface area contributed by atoms with Crippen molar-refractivity contribution < 1.29 is 14.7 Å². The predicted octanol–water partition coefficient (Wildman–Crippen LogP) is 1.86. The van der Waals surface area contributed by atoms with Crippen molar-refractivity contribution in [1.29, 1.82) is 0 Å². The molecule has 1 aliphatic carbocycles. The maximum atomic E-state index is 12.5. The Labute approximate surface area is 127 Å². The van der Waals surface area contributed by atoms with E-state index in [1.54, 1.807) is 35.3 Å². The fraction of sp³-hybridized carbons (Fsp3) is 0.312. The first-order valence-electron chi connectivity index (χ1n) is 7.28. The van der Waals surface area contributed by atoms with Crippen LogP contribution in [0.25, 0.3) is 5.69 Å². The van der Waals surface area contributed by atoms with E-state index in [2.05, 4.69) is 10.4 Å². The third-order valence-electron chi connectivity index (χ3n) is 4.02. The van der Waals surface area contributed by atoms with Gasteiger partial charge in [-0.3, -0.25) is 9.59 Å². The van der Waals surface area contributed by atoms with Gasteiger partial charge in [0.1, 0.15) is 0 Å². The summed E-state index contributed by atoms with van der Waals surface area (Å²) in [6.45, 7) is 0. The third kappa shape index (κ3) is 2.86. The molecule has 0 radical (unpaired) electrons. The number of benzene rings is 1. The number of aromatic nitrogens is 2. The zero-order valence-corrected chi connectivity index (χ0v) is 12.0. The molecular formula is C16H17N3O3. The van der Waals surface area contributed by atoms with Gasteiger partial charge in [-0.05, 0) is 37.5 Å². The summed E-state index contributed by atoms with van der Waals surface area (Å²) in [5.74, 6) is -1.33. The number of carboxylic acid groups (broad SMARTS) is 1. The summed E-state index contributed by atoms with van der Waals surface area (Å²) in [7, 11) is 0. The first kappa shape index (κ1) is 14.3. The second kappa shape index (κ2) is 6.01. The number of rotatable bonds is 4. The highest BCUT2D eigenvalue weighted by molar-refractivity contribution is 5.98. The average molecular weight is 299 g/mol. The lowest BCUT2D eigenvalue weighted by molar-refractivity contribution is -0.141. The van der Waals surface area contributed by atoms with Gasteiger partial charge in [-0.2, -0.15) is 5.10 Å². The Hall–Kier alpha value is -2.63. The molecule has 0 spiro atoms. The van der Waals surface area contributed by atoms with E-state index in [0.29, 0.717) is 30.5 Å². The first-order chi connectivity index (χ1) is 10.6. The minimum absolute atomic E-state index is 0.0840. The predicted molar refractivity (Wildman–Crippen MR) is 79.8 cm³/mol. The molecule has 2 aromatic rings. The van der Waals surface area contributed by atoms with Crippen molar-refractivity contribution >= 4 is 11.9 Å². The van der Waals surface area contributed by atoms with Gasteiger partial charge in [-0.1, -0.05) is 12.1 Å². The molecule has 1 aliphatic rings. The molecule has 6 heteroatoms. The molecule has 1 fully saturated rings. The third-order valence-corrected chi connectivity index (χ3v) is 4.02. The molecule has 0 saturated heterocycles. The van der Waals surface area contributed by atoms with E-state index in [9.17, 15) is 9.59 Å². The van der Waals surface area contributed by atoms with Crippen LogP contribution in [0.15, 0.2) is 42.7 Å². The maximum absolute atomic E-state index is 12.5. The normalized spacial score (nSPS) is 20.7. The van der Waals surface area contributed by atoms with Crippen molar-refractivity contribution in [2.75, 3.05) is 0 Å². The Kier molecular flexibility index (Phi) is 3.91. The van der Waals surface area contributed by atoms with Gasteiger partial charge in [-0.25, -0.2) is 4.68 Å². The van der Waals surface area contributed by atoms with E-state index in [0.717, 1.165) is 0 Å². The molecule has 2 N–H and O–H groups in total. The Morgan fingerprint density at radius 3 is 2.73 bits per heavy atom. The van der Waals surface area contributed by atoms with Gasteiger partial charge in [0.2, 0.25) is 0 Å². The van der Waals surface area contributed by atoms with Gasteiger partial charge in [-0.15, -0.1) is 0 Å². The molecule has 2 atom stereocenters. The first-order valence-corrected chi connectivity index (χ1v) is 7.28. The lowest BCUT2D eigenvalue weighted by Gasteiger charge is -2.14. The minimum atomic E-state index is -0.784. The van der Waals surface area contributed by atoms with Crippen molar-refractivity contribution in [3.63, 3.8) is 0 Å². The zero-order valence-electron chi connectivity index (χ0n) is 12.0. The van der Waals surface area contributed by atoms with Crippen LogP contribution in [0.5, 0.6) is 0 Å². The van der Waals surface area contributed by atoms with Crippen LogP contribution < -0.4 is 5.32 Å². The Bertz CT molecular complexity index is 682. The summed E-state index contributed by atoms with van der Waals surface area (Å²) in [6, 6.07) is 8.94.